The topological polar surface area (TPSA) is 38.7 Å². The van der Waals surface area contributed by atoms with Crippen LogP contribution < -0.4 is 0 Å². The highest BCUT2D eigenvalue weighted by molar-refractivity contribution is 6.74. The molecule has 1 rings (SSSR count). The molecule has 0 heterocycles. The van der Waals surface area contributed by atoms with Crippen LogP contribution in [0.1, 0.15) is 46.5 Å². The van der Waals surface area contributed by atoms with Crippen molar-refractivity contribution in [3.8, 4) is 0 Å². The van der Waals surface area contributed by atoms with E-state index in [1.54, 1.807) is 6.08 Å². The van der Waals surface area contributed by atoms with E-state index in [0.717, 1.165) is 25.7 Å². The molecule has 1 aliphatic rings. The molecule has 0 radical (unpaired) electrons. The van der Waals surface area contributed by atoms with Crippen LogP contribution in [0.4, 0.5) is 0 Å². The minimum Gasteiger partial charge on any atom is -0.414 e. The number of rotatable bonds is 3. The monoisotopic (exact) mass is 255 g/mol. The minimum absolute atomic E-state index is 0.187. The summed E-state index contributed by atoms with van der Waals surface area (Å²) in [7, 11) is -1.64. The second-order valence-corrected chi connectivity index (χ2v) is 11.3. The number of carbonyl (C=O) groups excluding carboxylic acids is 1. The van der Waals surface area contributed by atoms with Gasteiger partial charge in [0.15, 0.2) is 8.32 Å². The van der Waals surface area contributed by atoms with Crippen LogP contribution in [0.25, 0.3) is 0 Å². The first-order valence-electron chi connectivity index (χ1n) is 6.51. The molecule has 0 N–H and O–H groups in total. The predicted molar refractivity (Wildman–Crippen MR) is 72.4 cm³/mol. The molecule has 1 saturated carbocycles. The van der Waals surface area contributed by atoms with Crippen molar-refractivity contribution in [2.24, 2.45) is 4.99 Å². The lowest BCUT2D eigenvalue weighted by Crippen LogP contribution is -2.44. The van der Waals surface area contributed by atoms with E-state index in [0.29, 0.717) is 6.10 Å². The van der Waals surface area contributed by atoms with E-state index in [-0.39, 0.29) is 11.1 Å². The molecule has 1 aliphatic carbocycles. The highest BCUT2D eigenvalue weighted by atomic mass is 28.4. The first-order valence-corrected chi connectivity index (χ1v) is 9.42. The Balaban J connectivity index is 2.48. The molecule has 17 heavy (non-hydrogen) atoms. The van der Waals surface area contributed by atoms with E-state index in [1.807, 2.05) is 0 Å². The van der Waals surface area contributed by atoms with E-state index in [9.17, 15) is 4.79 Å². The summed E-state index contributed by atoms with van der Waals surface area (Å²) in [5.41, 5.74) is 0. The molecule has 0 amide bonds. The third-order valence-corrected chi connectivity index (χ3v) is 8.68. The standard InChI is InChI=1S/C13H25NO2Si/c1-13(2,3)17(4,5)16-12-8-6-11(7-9-12)14-10-15/h11-12H,6-9H2,1-5H3. The van der Waals surface area contributed by atoms with Gasteiger partial charge >= 0.3 is 0 Å². The van der Waals surface area contributed by atoms with E-state index in [2.05, 4.69) is 38.9 Å². The Hall–Kier alpha value is -0.443. The highest BCUT2D eigenvalue weighted by Gasteiger charge is 2.39. The van der Waals surface area contributed by atoms with Crippen LogP contribution in [0, 0.1) is 0 Å². The maximum absolute atomic E-state index is 10.2. The summed E-state index contributed by atoms with van der Waals surface area (Å²) < 4.78 is 6.37. The summed E-state index contributed by atoms with van der Waals surface area (Å²) in [6.07, 6.45) is 6.03. The molecule has 0 aromatic rings. The van der Waals surface area contributed by atoms with Crippen LogP contribution in [0.15, 0.2) is 4.99 Å². The van der Waals surface area contributed by atoms with Crippen LogP contribution >= 0.6 is 0 Å². The second-order valence-electron chi connectivity index (χ2n) is 6.53. The second kappa shape index (κ2) is 5.47. The molecule has 0 atom stereocenters. The highest BCUT2D eigenvalue weighted by Crippen LogP contribution is 2.39. The van der Waals surface area contributed by atoms with Gasteiger partial charge in [-0.2, -0.15) is 0 Å². The fraction of sp³-hybridized carbons (Fsp3) is 0.923. The van der Waals surface area contributed by atoms with Gasteiger partial charge in [0.05, 0.1) is 6.04 Å². The molecular formula is C13H25NO2Si. The van der Waals surface area contributed by atoms with Crippen molar-refractivity contribution in [1.29, 1.82) is 0 Å². The fourth-order valence-corrected chi connectivity index (χ4v) is 3.38. The van der Waals surface area contributed by atoms with E-state index in [1.165, 1.54) is 0 Å². The number of aliphatic imine (C=N–C) groups is 1. The van der Waals surface area contributed by atoms with E-state index < -0.39 is 8.32 Å². The van der Waals surface area contributed by atoms with Crippen LogP contribution in [-0.2, 0) is 9.22 Å². The molecule has 0 aromatic carbocycles. The Labute approximate surface area is 106 Å². The van der Waals surface area contributed by atoms with Gasteiger partial charge in [-0.25, -0.2) is 9.79 Å². The molecule has 0 spiro atoms. The summed E-state index contributed by atoms with van der Waals surface area (Å²) >= 11 is 0. The molecular weight excluding hydrogens is 230 g/mol. The van der Waals surface area contributed by atoms with Gasteiger partial charge in [-0.05, 0) is 43.8 Å². The van der Waals surface area contributed by atoms with Crippen molar-refractivity contribution in [1.82, 2.24) is 0 Å². The molecule has 0 aromatic heterocycles. The third-order valence-electron chi connectivity index (χ3n) is 4.15. The zero-order valence-electron chi connectivity index (χ0n) is 11.7. The zero-order valence-corrected chi connectivity index (χ0v) is 12.7. The maximum atomic E-state index is 10.2. The zero-order chi connectivity index (χ0) is 13.1. The number of hydrogen-bond donors (Lipinski definition) is 0. The Morgan fingerprint density at radius 1 is 1.18 bits per heavy atom. The first-order chi connectivity index (χ1) is 7.76. The molecule has 98 valence electrons. The summed E-state index contributed by atoms with van der Waals surface area (Å²) in [6.45, 7) is 11.4. The lowest BCUT2D eigenvalue weighted by atomic mass is 9.94. The normalized spacial score (nSPS) is 26.4. The van der Waals surface area contributed by atoms with Crippen molar-refractivity contribution in [2.45, 2.75) is 76.7 Å². The van der Waals surface area contributed by atoms with Crippen molar-refractivity contribution < 1.29 is 9.22 Å². The van der Waals surface area contributed by atoms with Crippen molar-refractivity contribution >= 4 is 14.4 Å². The largest absolute Gasteiger partial charge is 0.414 e. The van der Waals surface area contributed by atoms with Gasteiger partial charge in [-0.15, -0.1) is 0 Å². The van der Waals surface area contributed by atoms with Gasteiger partial charge in [-0.3, -0.25) is 0 Å². The number of nitrogens with zero attached hydrogens (tertiary/aromatic N) is 1. The average Bonchev–Trinajstić information content (AvgIpc) is 2.19. The van der Waals surface area contributed by atoms with Crippen molar-refractivity contribution in [3.63, 3.8) is 0 Å². The number of hydrogen-bond acceptors (Lipinski definition) is 3. The summed E-state index contributed by atoms with van der Waals surface area (Å²) in [6, 6.07) is 0.187. The molecule has 4 heteroatoms. The maximum Gasteiger partial charge on any atom is 0.235 e. The lowest BCUT2D eigenvalue weighted by molar-refractivity contribution is 0.131. The summed E-state index contributed by atoms with van der Waals surface area (Å²) in [4.78, 5) is 14.0. The fourth-order valence-electron chi connectivity index (χ4n) is 1.96. The van der Waals surface area contributed by atoms with Crippen LogP contribution in [0.2, 0.25) is 18.1 Å². The molecule has 3 nitrogen and oxygen atoms in total. The van der Waals surface area contributed by atoms with Crippen molar-refractivity contribution in [3.05, 3.63) is 0 Å². The van der Waals surface area contributed by atoms with Gasteiger partial charge in [0.25, 0.3) is 0 Å². The Kier molecular flexibility index (Phi) is 4.70. The molecule has 1 fully saturated rings. The Morgan fingerprint density at radius 2 is 1.71 bits per heavy atom. The minimum atomic E-state index is -1.64. The summed E-state index contributed by atoms with van der Waals surface area (Å²) in [5.74, 6) is 0. The van der Waals surface area contributed by atoms with Crippen molar-refractivity contribution in [2.75, 3.05) is 0 Å². The quantitative estimate of drug-likeness (QED) is 0.438. The van der Waals surface area contributed by atoms with Gasteiger partial charge in [0, 0.05) is 6.10 Å². The molecule has 0 bridgehead atoms. The van der Waals surface area contributed by atoms with Gasteiger partial charge in [-0.1, -0.05) is 20.8 Å². The van der Waals surface area contributed by atoms with Crippen LogP contribution in [0.5, 0.6) is 0 Å². The van der Waals surface area contributed by atoms with Crippen LogP contribution in [0.3, 0.4) is 0 Å². The average molecular weight is 255 g/mol. The van der Waals surface area contributed by atoms with E-state index in [4.69, 9.17) is 4.43 Å². The predicted octanol–water partition coefficient (Wildman–Crippen LogP) is 3.66. The summed E-state index contributed by atoms with van der Waals surface area (Å²) in [5, 5.41) is 0.269. The number of isocyanates is 1. The molecule has 0 aliphatic heterocycles. The Bertz CT molecular complexity index is 295. The third kappa shape index (κ3) is 4.05. The van der Waals surface area contributed by atoms with E-state index >= 15 is 0 Å². The smallest absolute Gasteiger partial charge is 0.235 e. The molecule has 0 saturated heterocycles. The van der Waals surface area contributed by atoms with Gasteiger partial charge < -0.3 is 4.43 Å². The van der Waals surface area contributed by atoms with Crippen LogP contribution in [-0.4, -0.2) is 26.5 Å². The Morgan fingerprint density at radius 3 is 2.12 bits per heavy atom. The van der Waals surface area contributed by atoms with Gasteiger partial charge in [0.2, 0.25) is 6.08 Å². The molecule has 0 unspecified atom stereocenters. The SMILES string of the molecule is CC(C)(C)[Si](C)(C)OC1CCC(N=C=O)CC1. The van der Waals surface area contributed by atoms with Gasteiger partial charge in [0.1, 0.15) is 0 Å². The first kappa shape index (κ1) is 14.6. The lowest BCUT2D eigenvalue weighted by Gasteiger charge is -2.40.